The number of hydrogen-bond acceptors (Lipinski definition) is 3. The van der Waals surface area contributed by atoms with Crippen LogP contribution >= 0.6 is 23.4 Å². The number of aryl methyl sites for hydroxylation is 2. The van der Waals surface area contributed by atoms with Gasteiger partial charge in [-0.15, -0.1) is 0 Å². The van der Waals surface area contributed by atoms with Gasteiger partial charge in [0, 0.05) is 38.3 Å². The maximum Gasteiger partial charge on any atom is 0.0432 e. The van der Waals surface area contributed by atoms with E-state index in [2.05, 4.69) is 11.1 Å². The fraction of sp³-hybridized carbons (Fsp3) is 0.214. The molecule has 0 aliphatic heterocycles. The Hall–Kier alpha value is -1.03. The summed E-state index contributed by atoms with van der Waals surface area (Å²) in [4.78, 5) is 6.72. The van der Waals surface area contributed by atoms with Crippen molar-refractivity contribution in [3.8, 4) is 0 Å². The van der Waals surface area contributed by atoms with Crippen LogP contribution in [0.2, 0.25) is 5.02 Å². The summed E-state index contributed by atoms with van der Waals surface area (Å²) in [5.74, 6) is 0. The lowest BCUT2D eigenvalue weighted by Gasteiger charge is -2.11. The second-order valence-corrected chi connectivity index (χ2v) is 5.64. The van der Waals surface area contributed by atoms with Crippen LogP contribution < -0.4 is 5.73 Å². The maximum atomic E-state index is 6.00. The molecular formula is C14H15ClN2S. The zero-order valence-electron chi connectivity index (χ0n) is 10.4. The number of pyridine rings is 1. The zero-order valence-corrected chi connectivity index (χ0v) is 12.0. The first-order valence-corrected chi connectivity index (χ1v) is 6.90. The highest BCUT2D eigenvalue weighted by molar-refractivity contribution is 7.99. The first-order chi connectivity index (χ1) is 8.60. The van der Waals surface area contributed by atoms with Crippen molar-refractivity contribution in [2.24, 2.45) is 5.73 Å². The minimum absolute atomic E-state index is 0.502. The topological polar surface area (TPSA) is 38.9 Å². The van der Waals surface area contributed by atoms with Gasteiger partial charge in [-0.3, -0.25) is 4.98 Å². The zero-order chi connectivity index (χ0) is 13.1. The van der Waals surface area contributed by atoms with Crippen LogP contribution in [0.25, 0.3) is 0 Å². The van der Waals surface area contributed by atoms with Crippen LogP contribution in [-0.2, 0) is 6.54 Å². The molecule has 0 saturated heterocycles. The van der Waals surface area contributed by atoms with Crippen molar-refractivity contribution in [3.05, 3.63) is 52.3 Å². The van der Waals surface area contributed by atoms with Gasteiger partial charge in [0.25, 0.3) is 0 Å². The average molecular weight is 279 g/mol. The van der Waals surface area contributed by atoms with Crippen molar-refractivity contribution in [3.63, 3.8) is 0 Å². The van der Waals surface area contributed by atoms with Crippen molar-refractivity contribution in [1.82, 2.24) is 4.98 Å². The molecule has 0 fully saturated rings. The summed E-state index contributed by atoms with van der Waals surface area (Å²) < 4.78 is 0. The molecule has 2 rings (SSSR count). The second kappa shape index (κ2) is 5.74. The van der Waals surface area contributed by atoms with Gasteiger partial charge in [-0.1, -0.05) is 29.4 Å². The van der Waals surface area contributed by atoms with Crippen LogP contribution in [0.4, 0.5) is 0 Å². The van der Waals surface area contributed by atoms with Gasteiger partial charge < -0.3 is 5.73 Å². The van der Waals surface area contributed by atoms with Crippen molar-refractivity contribution in [1.29, 1.82) is 0 Å². The molecule has 0 saturated carbocycles. The maximum absolute atomic E-state index is 6.00. The molecule has 1 aromatic carbocycles. The summed E-state index contributed by atoms with van der Waals surface area (Å²) in [5.41, 5.74) is 8.92. The van der Waals surface area contributed by atoms with Crippen LogP contribution in [0.1, 0.15) is 17.0 Å². The Kier molecular flexibility index (Phi) is 4.27. The van der Waals surface area contributed by atoms with Crippen LogP contribution in [0.15, 0.2) is 40.1 Å². The van der Waals surface area contributed by atoms with Gasteiger partial charge in [-0.05, 0) is 38.1 Å². The lowest BCUT2D eigenvalue weighted by molar-refractivity contribution is 0.945. The Bertz CT molecular complexity index is 570. The van der Waals surface area contributed by atoms with E-state index in [1.807, 2.05) is 38.1 Å². The monoisotopic (exact) mass is 278 g/mol. The molecule has 2 aromatic rings. The number of hydrogen-bond donors (Lipinski definition) is 1. The Balaban J connectivity index is 2.39. The largest absolute Gasteiger partial charge is 0.326 e. The van der Waals surface area contributed by atoms with Crippen molar-refractivity contribution >= 4 is 23.4 Å². The molecule has 0 unspecified atom stereocenters. The van der Waals surface area contributed by atoms with Crippen LogP contribution in [0.3, 0.4) is 0 Å². The SMILES string of the molecule is Cc1cc(Sc2cccc(Cl)c2)c(CN)c(C)n1. The number of nitrogens with zero attached hydrogens (tertiary/aromatic N) is 1. The van der Waals surface area contributed by atoms with Crippen LogP contribution in [0, 0.1) is 13.8 Å². The van der Waals surface area contributed by atoms with Crippen molar-refractivity contribution in [2.45, 2.75) is 30.2 Å². The number of rotatable bonds is 3. The van der Waals surface area contributed by atoms with E-state index in [4.69, 9.17) is 17.3 Å². The van der Waals surface area contributed by atoms with E-state index in [-0.39, 0.29) is 0 Å². The van der Waals surface area contributed by atoms with Gasteiger partial charge in [0.05, 0.1) is 0 Å². The number of benzene rings is 1. The van der Waals surface area contributed by atoms with Gasteiger partial charge in [0.2, 0.25) is 0 Å². The van der Waals surface area contributed by atoms with E-state index >= 15 is 0 Å². The van der Waals surface area contributed by atoms with Gasteiger partial charge >= 0.3 is 0 Å². The molecule has 0 aliphatic carbocycles. The highest BCUT2D eigenvalue weighted by Gasteiger charge is 2.08. The molecule has 2 nitrogen and oxygen atoms in total. The highest BCUT2D eigenvalue weighted by Crippen LogP contribution is 2.33. The quantitative estimate of drug-likeness (QED) is 0.924. The Morgan fingerprint density at radius 1 is 1.28 bits per heavy atom. The van der Waals surface area contributed by atoms with Gasteiger partial charge in [0.15, 0.2) is 0 Å². The minimum atomic E-state index is 0.502. The molecule has 0 aliphatic rings. The first kappa shape index (κ1) is 13.4. The lowest BCUT2D eigenvalue weighted by Crippen LogP contribution is -2.04. The molecule has 1 aromatic heterocycles. The Labute approximate surface area is 117 Å². The fourth-order valence-corrected chi connectivity index (χ4v) is 3.24. The lowest BCUT2D eigenvalue weighted by atomic mass is 10.2. The summed E-state index contributed by atoms with van der Waals surface area (Å²) in [6.07, 6.45) is 0. The first-order valence-electron chi connectivity index (χ1n) is 5.70. The van der Waals surface area contributed by atoms with Crippen LogP contribution in [-0.4, -0.2) is 4.98 Å². The summed E-state index contributed by atoms with van der Waals surface area (Å²) in [6, 6.07) is 9.90. The molecule has 0 amide bonds. The molecule has 0 bridgehead atoms. The standard InChI is InChI=1S/C14H15ClN2S/c1-9-6-14(13(8-16)10(2)17-9)18-12-5-3-4-11(15)7-12/h3-7H,8,16H2,1-2H3. The normalized spacial score (nSPS) is 10.7. The third-order valence-electron chi connectivity index (χ3n) is 2.65. The van der Waals surface area contributed by atoms with Crippen LogP contribution in [0.5, 0.6) is 0 Å². The third-order valence-corrected chi connectivity index (χ3v) is 3.96. The van der Waals surface area contributed by atoms with E-state index < -0.39 is 0 Å². The van der Waals surface area contributed by atoms with Gasteiger partial charge in [0.1, 0.15) is 0 Å². The van der Waals surface area contributed by atoms with Crippen molar-refractivity contribution in [2.75, 3.05) is 0 Å². The number of halogens is 1. The minimum Gasteiger partial charge on any atom is -0.326 e. The number of aromatic nitrogens is 1. The third kappa shape index (κ3) is 3.05. The van der Waals surface area contributed by atoms with Crippen molar-refractivity contribution < 1.29 is 0 Å². The Morgan fingerprint density at radius 3 is 2.72 bits per heavy atom. The summed E-state index contributed by atoms with van der Waals surface area (Å²) >= 11 is 7.67. The predicted octanol–water partition coefficient (Wildman–Crippen LogP) is 3.96. The van der Waals surface area contributed by atoms with Gasteiger partial charge in [-0.2, -0.15) is 0 Å². The summed E-state index contributed by atoms with van der Waals surface area (Å²) in [5, 5.41) is 0.747. The second-order valence-electron chi connectivity index (χ2n) is 4.09. The van der Waals surface area contributed by atoms with E-state index in [0.29, 0.717) is 6.54 Å². The molecule has 0 spiro atoms. The molecule has 2 N–H and O–H groups in total. The molecule has 4 heteroatoms. The van der Waals surface area contributed by atoms with E-state index in [1.54, 1.807) is 11.8 Å². The van der Waals surface area contributed by atoms with E-state index in [1.165, 1.54) is 0 Å². The van der Waals surface area contributed by atoms with Gasteiger partial charge in [-0.25, -0.2) is 0 Å². The average Bonchev–Trinajstić information content (AvgIpc) is 2.28. The van der Waals surface area contributed by atoms with E-state index in [0.717, 1.165) is 31.8 Å². The summed E-state index contributed by atoms with van der Waals surface area (Å²) in [7, 11) is 0. The molecular weight excluding hydrogens is 264 g/mol. The smallest absolute Gasteiger partial charge is 0.0432 e. The molecule has 18 heavy (non-hydrogen) atoms. The molecule has 0 radical (unpaired) electrons. The number of nitrogens with two attached hydrogens (primary N) is 1. The molecule has 0 atom stereocenters. The highest BCUT2D eigenvalue weighted by atomic mass is 35.5. The van der Waals surface area contributed by atoms with E-state index in [9.17, 15) is 0 Å². The molecule has 94 valence electrons. The summed E-state index contributed by atoms with van der Waals surface area (Å²) in [6.45, 7) is 4.49. The molecule has 1 heterocycles. The predicted molar refractivity (Wildman–Crippen MR) is 77.2 cm³/mol. The fourth-order valence-electron chi connectivity index (χ4n) is 1.82. The Morgan fingerprint density at radius 2 is 2.06 bits per heavy atom.